The van der Waals surface area contributed by atoms with Crippen LogP contribution in [-0.2, 0) is 4.79 Å². The first kappa shape index (κ1) is 12.7. The van der Waals surface area contributed by atoms with E-state index in [1.54, 1.807) is 0 Å². The summed E-state index contributed by atoms with van der Waals surface area (Å²) in [5.74, 6) is 0. The van der Waals surface area contributed by atoms with Crippen molar-refractivity contribution in [2.45, 2.75) is 13.1 Å². The highest BCUT2D eigenvalue weighted by Crippen LogP contribution is 2.27. The van der Waals surface area contributed by atoms with Gasteiger partial charge in [-0.05, 0) is 13.0 Å². The van der Waals surface area contributed by atoms with Gasteiger partial charge in [-0.25, -0.2) is 0 Å². The van der Waals surface area contributed by atoms with Gasteiger partial charge in [-0.2, -0.15) is 13.2 Å². The SMILES string of the molecule is CC=C(/C=C(/C=O)N(C)C)C(F)(F)F. The molecule has 0 aromatic heterocycles. The topological polar surface area (TPSA) is 20.3 Å². The minimum Gasteiger partial charge on any atom is -0.375 e. The largest absolute Gasteiger partial charge is 0.416 e. The number of alkyl halides is 3. The van der Waals surface area contributed by atoms with Gasteiger partial charge in [-0.1, -0.05) is 6.08 Å². The molecule has 0 aliphatic rings. The quantitative estimate of drug-likeness (QED) is 0.401. The van der Waals surface area contributed by atoms with E-state index < -0.39 is 11.7 Å². The molecular weight excluding hydrogens is 195 g/mol. The van der Waals surface area contributed by atoms with E-state index in [0.717, 1.165) is 12.2 Å². The average Bonchev–Trinajstić information content (AvgIpc) is 2.03. The molecule has 5 heteroatoms. The number of halogens is 3. The molecular formula is C9H12F3NO. The standard InChI is InChI=1S/C9H12F3NO/c1-4-7(9(10,11)12)5-8(6-14)13(2)3/h4-6H,1-3H3/b7-4?,8-5-. The van der Waals surface area contributed by atoms with E-state index in [1.165, 1.54) is 25.9 Å². The third kappa shape index (κ3) is 3.64. The van der Waals surface area contributed by atoms with Crippen molar-refractivity contribution in [1.29, 1.82) is 0 Å². The van der Waals surface area contributed by atoms with Gasteiger partial charge in [0.15, 0.2) is 6.29 Å². The Balaban J connectivity index is 5.02. The second-order valence-electron chi connectivity index (χ2n) is 2.82. The van der Waals surface area contributed by atoms with Crippen LogP contribution in [0.1, 0.15) is 6.92 Å². The van der Waals surface area contributed by atoms with Crippen LogP contribution in [0.2, 0.25) is 0 Å². The predicted octanol–water partition coefficient (Wildman–Crippen LogP) is 2.14. The predicted molar refractivity (Wildman–Crippen MR) is 47.6 cm³/mol. The van der Waals surface area contributed by atoms with Crippen LogP contribution >= 0.6 is 0 Å². The molecule has 0 saturated carbocycles. The Hall–Kier alpha value is -1.26. The van der Waals surface area contributed by atoms with Gasteiger partial charge in [0.2, 0.25) is 0 Å². The molecule has 14 heavy (non-hydrogen) atoms. The molecule has 0 bridgehead atoms. The monoisotopic (exact) mass is 207 g/mol. The zero-order chi connectivity index (χ0) is 11.4. The molecule has 0 unspecified atom stereocenters. The smallest absolute Gasteiger partial charge is 0.375 e. The van der Waals surface area contributed by atoms with Crippen LogP contribution < -0.4 is 0 Å². The fourth-order valence-corrected chi connectivity index (χ4v) is 0.757. The molecule has 0 amide bonds. The Kier molecular flexibility index (Phi) is 4.40. The maximum absolute atomic E-state index is 12.2. The number of allylic oxidation sites excluding steroid dienone is 4. The molecule has 0 atom stereocenters. The lowest BCUT2D eigenvalue weighted by Crippen LogP contribution is -2.16. The van der Waals surface area contributed by atoms with E-state index in [4.69, 9.17) is 0 Å². The fraction of sp³-hybridized carbons (Fsp3) is 0.444. The van der Waals surface area contributed by atoms with E-state index in [2.05, 4.69) is 0 Å². The van der Waals surface area contributed by atoms with Crippen molar-refractivity contribution in [3.63, 3.8) is 0 Å². The molecule has 0 heterocycles. The molecule has 0 spiro atoms. The van der Waals surface area contributed by atoms with Gasteiger partial charge >= 0.3 is 6.18 Å². The third-order valence-corrected chi connectivity index (χ3v) is 1.58. The number of likely N-dealkylation sites (N-methyl/N-ethyl adjacent to an activating group) is 1. The van der Waals surface area contributed by atoms with Crippen LogP contribution in [-0.4, -0.2) is 31.5 Å². The van der Waals surface area contributed by atoms with E-state index in [9.17, 15) is 18.0 Å². The van der Waals surface area contributed by atoms with Crippen molar-refractivity contribution in [3.05, 3.63) is 23.4 Å². The number of aldehydes is 1. The van der Waals surface area contributed by atoms with E-state index in [0.29, 0.717) is 6.29 Å². The van der Waals surface area contributed by atoms with Crippen molar-refractivity contribution in [2.24, 2.45) is 0 Å². The van der Waals surface area contributed by atoms with Crippen LogP contribution in [0.15, 0.2) is 23.4 Å². The van der Waals surface area contributed by atoms with Crippen molar-refractivity contribution in [3.8, 4) is 0 Å². The highest BCUT2D eigenvalue weighted by Gasteiger charge is 2.31. The summed E-state index contributed by atoms with van der Waals surface area (Å²) in [7, 11) is 3.01. The molecule has 0 rings (SSSR count). The molecule has 0 fully saturated rings. The first-order valence-electron chi connectivity index (χ1n) is 3.90. The van der Waals surface area contributed by atoms with Crippen LogP contribution in [0.25, 0.3) is 0 Å². The number of hydrogen-bond donors (Lipinski definition) is 0. The van der Waals surface area contributed by atoms with Crippen LogP contribution in [0.5, 0.6) is 0 Å². The highest BCUT2D eigenvalue weighted by atomic mass is 19.4. The minimum atomic E-state index is -4.42. The lowest BCUT2D eigenvalue weighted by Gasteiger charge is -2.13. The van der Waals surface area contributed by atoms with Crippen molar-refractivity contribution >= 4 is 6.29 Å². The Morgan fingerprint density at radius 1 is 1.29 bits per heavy atom. The molecule has 80 valence electrons. The van der Waals surface area contributed by atoms with E-state index in [1.807, 2.05) is 0 Å². The second kappa shape index (κ2) is 4.83. The van der Waals surface area contributed by atoms with Gasteiger partial charge in [0.25, 0.3) is 0 Å². The summed E-state index contributed by atoms with van der Waals surface area (Å²) in [6.45, 7) is 1.28. The van der Waals surface area contributed by atoms with Gasteiger partial charge in [-0.15, -0.1) is 0 Å². The van der Waals surface area contributed by atoms with Gasteiger partial charge < -0.3 is 4.90 Å². The van der Waals surface area contributed by atoms with Gasteiger partial charge in [0.1, 0.15) is 0 Å². The Labute approximate surface area is 80.7 Å². The van der Waals surface area contributed by atoms with Gasteiger partial charge in [0, 0.05) is 14.1 Å². The molecule has 0 radical (unpaired) electrons. The summed E-state index contributed by atoms with van der Waals surface area (Å²) >= 11 is 0. The Bertz CT molecular complexity index is 264. The molecule has 0 saturated heterocycles. The summed E-state index contributed by atoms with van der Waals surface area (Å²) in [5.41, 5.74) is -0.844. The number of nitrogens with zero attached hydrogens (tertiary/aromatic N) is 1. The first-order chi connectivity index (χ1) is 6.32. The van der Waals surface area contributed by atoms with Crippen LogP contribution in [0, 0.1) is 0 Å². The summed E-state index contributed by atoms with van der Waals surface area (Å²) in [6.07, 6.45) is -2.30. The maximum atomic E-state index is 12.2. The van der Waals surface area contributed by atoms with Crippen LogP contribution in [0.4, 0.5) is 13.2 Å². The molecule has 0 N–H and O–H groups in total. The van der Waals surface area contributed by atoms with E-state index in [-0.39, 0.29) is 5.70 Å². The number of carbonyl (C=O) groups is 1. The second-order valence-corrected chi connectivity index (χ2v) is 2.82. The Morgan fingerprint density at radius 2 is 1.79 bits per heavy atom. The summed E-state index contributed by atoms with van der Waals surface area (Å²) in [6, 6.07) is 0. The lowest BCUT2D eigenvalue weighted by atomic mass is 10.2. The average molecular weight is 207 g/mol. The Morgan fingerprint density at radius 3 is 2.00 bits per heavy atom. The van der Waals surface area contributed by atoms with E-state index >= 15 is 0 Å². The molecule has 2 nitrogen and oxygen atoms in total. The normalized spacial score (nSPS) is 14.1. The number of rotatable bonds is 3. The van der Waals surface area contributed by atoms with Crippen LogP contribution in [0.3, 0.4) is 0 Å². The third-order valence-electron chi connectivity index (χ3n) is 1.58. The van der Waals surface area contributed by atoms with Gasteiger partial charge in [0.05, 0.1) is 11.3 Å². The van der Waals surface area contributed by atoms with Crippen molar-refractivity contribution in [2.75, 3.05) is 14.1 Å². The highest BCUT2D eigenvalue weighted by molar-refractivity contribution is 5.73. The first-order valence-corrected chi connectivity index (χ1v) is 3.90. The number of hydrogen-bond acceptors (Lipinski definition) is 2. The maximum Gasteiger partial charge on any atom is 0.416 e. The molecule has 0 aliphatic heterocycles. The lowest BCUT2D eigenvalue weighted by molar-refractivity contribution is -0.106. The fourth-order valence-electron chi connectivity index (χ4n) is 0.757. The zero-order valence-electron chi connectivity index (χ0n) is 8.22. The molecule has 0 aromatic carbocycles. The summed E-state index contributed by atoms with van der Waals surface area (Å²) in [5, 5.41) is 0. The molecule has 0 aliphatic carbocycles. The molecule has 0 aromatic rings. The van der Waals surface area contributed by atoms with Crippen molar-refractivity contribution < 1.29 is 18.0 Å². The minimum absolute atomic E-state index is 0.0181. The van der Waals surface area contributed by atoms with Crippen molar-refractivity contribution in [1.82, 2.24) is 4.90 Å². The van der Waals surface area contributed by atoms with Gasteiger partial charge in [-0.3, -0.25) is 4.79 Å². The summed E-state index contributed by atoms with van der Waals surface area (Å²) < 4.78 is 36.7. The number of carbonyl (C=O) groups excluding carboxylic acids is 1. The zero-order valence-corrected chi connectivity index (χ0v) is 8.22. The summed E-state index contributed by atoms with van der Waals surface area (Å²) in [4.78, 5) is 11.7.